The van der Waals surface area contributed by atoms with E-state index in [0.29, 0.717) is 32.1 Å². The molecule has 1 aliphatic carbocycles. The van der Waals surface area contributed by atoms with Crippen LogP contribution in [-0.4, -0.2) is 42.1 Å². The van der Waals surface area contributed by atoms with Gasteiger partial charge in [-0.2, -0.15) is 0 Å². The molecule has 1 aromatic heterocycles. The van der Waals surface area contributed by atoms with Crippen molar-refractivity contribution in [2.24, 2.45) is 5.92 Å². The number of nitrogens with zero attached hydrogens (tertiary/aromatic N) is 1. The second-order valence-corrected chi connectivity index (χ2v) is 7.18. The van der Waals surface area contributed by atoms with Crippen molar-refractivity contribution in [3.05, 3.63) is 53.9 Å². The number of benzene rings is 1. The monoisotopic (exact) mass is 399 g/mol. The Bertz CT molecular complexity index is 814. The summed E-state index contributed by atoms with van der Waals surface area (Å²) in [6.45, 7) is 0. The number of methoxy groups -OCH3 is 1. The van der Waals surface area contributed by atoms with Crippen LogP contribution in [0, 0.1) is 5.92 Å². The highest BCUT2D eigenvalue weighted by atomic mass is 16.5. The van der Waals surface area contributed by atoms with Crippen LogP contribution in [0.5, 0.6) is 0 Å². The SMILES string of the molecule is COC(=O)C(Cc1ccccc1)NC(=O)C1CCC(NC(=O)c2ccon2)CC1. The van der Waals surface area contributed by atoms with Gasteiger partial charge in [0, 0.05) is 24.4 Å². The molecule has 0 spiro atoms. The molecule has 1 heterocycles. The minimum atomic E-state index is -0.723. The lowest BCUT2D eigenvalue weighted by Gasteiger charge is -2.29. The van der Waals surface area contributed by atoms with Crippen LogP contribution in [0.3, 0.4) is 0 Å². The van der Waals surface area contributed by atoms with Crippen LogP contribution in [0.1, 0.15) is 41.7 Å². The summed E-state index contributed by atoms with van der Waals surface area (Å²) < 4.78 is 9.53. The van der Waals surface area contributed by atoms with Gasteiger partial charge in [-0.3, -0.25) is 9.59 Å². The molecule has 29 heavy (non-hydrogen) atoms. The molecule has 154 valence electrons. The molecule has 1 unspecified atom stereocenters. The van der Waals surface area contributed by atoms with E-state index < -0.39 is 12.0 Å². The molecular formula is C21H25N3O5. The molecule has 1 fully saturated rings. The molecule has 1 aliphatic rings. The maximum atomic E-state index is 12.7. The molecule has 0 bridgehead atoms. The van der Waals surface area contributed by atoms with Gasteiger partial charge in [0.15, 0.2) is 5.69 Å². The summed E-state index contributed by atoms with van der Waals surface area (Å²) in [5, 5.41) is 9.38. The summed E-state index contributed by atoms with van der Waals surface area (Å²) >= 11 is 0. The van der Waals surface area contributed by atoms with Gasteiger partial charge in [-0.15, -0.1) is 0 Å². The standard InChI is InChI=1S/C21H25N3O5/c1-28-21(27)18(13-14-5-3-2-4-6-14)23-19(25)15-7-9-16(10-8-15)22-20(26)17-11-12-29-24-17/h2-6,11-12,15-16,18H,7-10,13H2,1H3,(H,22,26)(H,23,25). The fourth-order valence-electron chi connectivity index (χ4n) is 3.56. The van der Waals surface area contributed by atoms with Gasteiger partial charge in [-0.05, 0) is 31.2 Å². The van der Waals surface area contributed by atoms with Crippen LogP contribution < -0.4 is 10.6 Å². The number of esters is 1. The quantitative estimate of drug-likeness (QED) is 0.688. The molecule has 8 nitrogen and oxygen atoms in total. The molecule has 3 rings (SSSR count). The van der Waals surface area contributed by atoms with Crippen LogP contribution in [0.4, 0.5) is 0 Å². The van der Waals surface area contributed by atoms with E-state index in [1.165, 1.54) is 19.4 Å². The van der Waals surface area contributed by atoms with Crippen molar-refractivity contribution in [2.45, 2.75) is 44.2 Å². The molecular weight excluding hydrogens is 374 g/mol. The molecule has 1 aromatic carbocycles. The van der Waals surface area contributed by atoms with E-state index in [2.05, 4.69) is 20.3 Å². The molecule has 2 aromatic rings. The number of nitrogens with one attached hydrogen (secondary N) is 2. The summed E-state index contributed by atoms with van der Waals surface area (Å²) in [5.41, 5.74) is 1.19. The Balaban J connectivity index is 1.50. The van der Waals surface area contributed by atoms with Crippen LogP contribution in [0.25, 0.3) is 0 Å². The Labute approximate surface area is 169 Å². The van der Waals surface area contributed by atoms with Gasteiger partial charge in [0.2, 0.25) is 5.91 Å². The van der Waals surface area contributed by atoms with Gasteiger partial charge < -0.3 is 19.9 Å². The zero-order valence-electron chi connectivity index (χ0n) is 16.3. The van der Waals surface area contributed by atoms with E-state index in [1.54, 1.807) is 0 Å². The minimum absolute atomic E-state index is 0.0102. The normalized spacial score (nSPS) is 19.8. The first-order valence-corrected chi connectivity index (χ1v) is 9.70. The topological polar surface area (TPSA) is 111 Å². The zero-order valence-corrected chi connectivity index (χ0v) is 16.3. The summed E-state index contributed by atoms with van der Waals surface area (Å²) in [7, 11) is 1.31. The van der Waals surface area contributed by atoms with Gasteiger partial charge in [0.1, 0.15) is 12.3 Å². The number of aromatic nitrogens is 1. The zero-order chi connectivity index (χ0) is 20.6. The highest BCUT2D eigenvalue weighted by Crippen LogP contribution is 2.25. The molecule has 1 saturated carbocycles. The van der Waals surface area contributed by atoms with Gasteiger partial charge in [0.25, 0.3) is 5.91 Å². The second kappa shape index (κ2) is 9.86. The van der Waals surface area contributed by atoms with Crippen molar-refractivity contribution < 1.29 is 23.6 Å². The van der Waals surface area contributed by atoms with Crippen molar-refractivity contribution in [3.8, 4) is 0 Å². The second-order valence-electron chi connectivity index (χ2n) is 7.18. The average molecular weight is 399 g/mol. The molecule has 1 atom stereocenters. The largest absolute Gasteiger partial charge is 0.467 e. The summed E-state index contributed by atoms with van der Waals surface area (Å²) in [5.74, 6) is -1.09. The Hall–Kier alpha value is -3.16. The van der Waals surface area contributed by atoms with Crippen molar-refractivity contribution in [3.63, 3.8) is 0 Å². The van der Waals surface area contributed by atoms with Crippen LogP contribution in [0.2, 0.25) is 0 Å². The van der Waals surface area contributed by atoms with Crippen molar-refractivity contribution in [1.82, 2.24) is 15.8 Å². The third kappa shape index (κ3) is 5.66. The fourth-order valence-corrected chi connectivity index (χ4v) is 3.56. The minimum Gasteiger partial charge on any atom is -0.467 e. The third-order valence-electron chi connectivity index (χ3n) is 5.19. The van der Waals surface area contributed by atoms with Gasteiger partial charge in [-0.1, -0.05) is 35.5 Å². The van der Waals surface area contributed by atoms with Crippen molar-refractivity contribution in [1.29, 1.82) is 0 Å². The Morgan fingerprint density at radius 2 is 1.86 bits per heavy atom. The van der Waals surface area contributed by atoms with Crippen molar-refractivity contribution in [2.75, 3.05) is 7.11 Å². The molecule has 2 amide bonds. The lowest BCUT2D eigenvalue weighted by Crippen LogP contribution is -2.47. The first-order valence-electron chi connectivity index (χ1n) is 9.70. The molecule has 0 saturated heterocycles. The number of hydrogen-bond acceptors (Lipinski definition) is 6. The summed E-state index contributed by atoms with van der Waals surface area (Å²) in [6.07, 6.45) is 4.36. The van der Waals surface area contributed by atoms with Gasteiger partial charge in [0.05, 0.1) is 7.11 Å². The van der Waals surface area contributed by atoms with Crippen LogP contribution in [-0.2, 0) is 20.7 Å². The number of carbonyl (C=O) groups excluding carboxylic acids is 3. The third-order valence-corrected chi connectivity index (χ3v) is 5.19. The van der Waals surface area contributed by atoms with Gasteiger partial charge >= 0.3 is 5.97 Å². The summed E-state index contributed by atoms with van der Waals surface area (Å²) in [6, 6.07) is 10.3. The van der Waals surface area contributed by atoms with E-state index in [9.17, 15) is 14.4 Å². The smallest absolute Gasteiger partial charge is 0.328 e. The van der Waals surface area contributed by atoms with Crippen LogP contribution in [0.15, 0.2) is 47.2 Å². The van der Waals surface area contributed by atoms with Crippen LogP contribution >= 0.6 is 0 Å². The number of amides is 2. The lowest BCUT2D eigenvalue weighted by molar-refractivity contribution is -0.145. The first-order chi connectivity index (χ1) is 14.1. The Morgan fingerprint density at radius 3 is 2.48 bits per heavy atom. The average Bonchev–Trinajstić information content (AvgIpc) is 3.29. The molecule has 0 radical (unpaired) electrons. The maximum absolute atomic E-state index is 12.7. The number of ether oxygens (including phenoxy) is 1. The number of hydrogen-bond donors (Lipinski definition) is 2. The van der Waals surface area contributed by atoms with E-state index in [1.807, 2.05) is 30.3 Å². The molecule has 0 aliphatic heterocycles. The van der Waals surface area contributed by atoms with E-state index in [4.69, 9.17) is 4.74 Å². The Kier molecular flexibility index (Phi) is 6.99. The Morgan fingerprint density at radius 1 is 1.14 bits per heavy atom. The number of carbonyl (C=O) groups is 3. The highest BCUT2D eigenvalue weighted by molar-refractivity contribution is 5.92. The summed E-state index contributed by atoms with van der Waals surface area (Å²) in [4.78, 5) is 36.9. The molecule has 8 heteroatoms. The lowest BCUT2D eigenvalue weighted by atomic mass is 9.85. The maximum Gasteiger partial charge on any atom is 0.328 e. The predicted molar refractivity (Wildman–Crippen MR) is 104 cm³/mol. The van der Waals surface area contributed by atoms with E-state index in [0.717, 1.165) is 5.56 Å². The first kappa shape index (κ1) is 20.6. The molecule has 2 N–H and O–H groups in total. The van der Waals surface area contributed by atoms with Gasteiger partial charge in [-0.25, -0.2) is 4.79 Å². The highest BCUT2D eigenvalue weighted by Gasteiger charge is 2.30. The fraction of sp³-hybridized carbons (Fsp3) is 0.429. The van der Waals surface area contributed by atoms with E-state index in [-0.39, 0.29) is 29.5 Å². The van der Waals surface area contributed by atoms with E-state index >= 15 is 0 Å². The van der Waals surface area contributed by atoms with Crippen molar-refractivity contribution >= 4 is 17.8 Å². The number of rotatable bonds is 7. The predicted octanol–water partition coefficient (Wildman–Crippen LogP) is 1.86.